The Morgan fingerprint density at radius 2 is 2.00 bits per heavy atom. The summed E-state index contributed by atoms with van der Waals surface area (Å²) in [5.41, 5.74) is 0.685. The summed E-state index contributed by atoms with van der Waals surface area (Å²) in [6.07, 6.45) is 0.987. The van der Waals surface area contributed by atoms with Crippen molar-refractivity contribution >= 4 is 27.5 Å². The maximum Gasteiger partial charge on any atom is 0.238 e. The molecule has 5 nitrogen and oxygen atoms in total. The molecule has 1 unspecified atom stereocenters. The van der Waals surface area contributed by atoms with Crippen molar-refractivity contribution in [3.05, 3.63) is 16.6 Å². The van der Waals surface area contributed by atoms with Crippen molar-refractivity contribution < 1.29 is 14.3 Å². The minimum Gasteiger partial charge on any atom is -0.486 e. The first-order valence-corrected chi connectivity index (χ1v) is 7.51. The zero-order chi connectivity index (χ0) is 14.5. The lowest BCUT2D eigenvalue weighted by Gasteiger charge is -2.20. The van der Waals surface area contributed by atoms with Crippen LogP contribution in [0.15, 0.2) is 16.6 Å². The topological polar surface area (TPSA) is 59.6 Å². The number of carbonyl (C=O) groups is 1. The smallest absolute Gasteiger partial charge is 0.238 e. The molecule has 0 aromatic heterocycles. The largest absolute Gasteiger partial charge is 0.486 e. The van der Waals surface area contributed by atoms with Gasteiger partial charge < -0.3 is 20.1 Å². The summed E-state index contributed by atoms with van der Waals surface area (Å²) in [5.74, 6) is 1.27. The van der Waals surface area contributed by atoms with Gasteiger partial charge in [-0.25, -0.2) is 0 Å². The van der Waals surface area contributed by atoms with Crippen molar-refractivity contribution in [2.45, 2.75) is 26.3 Å². The van der Waals surface area contributed by atoms with E-state index in [0.717, 1.165) is 10.9 Å². The quantitative estimate of drug-likeness (QED) is 0.863. The minimum atomic E-state index is -0.0809. The third-order valence-corrected chi connectivity index (χ3v) is 3.79. The molecule has 1 amide bonds. The third-order valence-electron chi connectivity index (χ3n) is 3.13. The summed E-state index contributed by atoms with van der Waals surface area (Å²) >= 11 is 3.43. The van der Waals surface area contributed by atoms with Gasteiger partial charge in [-0.2, -0.15) is 0 Å². The Kier molecular flexibility index (Phi) is 5.25. The first-order chi connectivity index (χ1) is 9.60. The number of fused-ring (bicyclic) bond motifs is 1. The average Bonchev–Trinajstić information content (AvgIpc) is 2.45. The fraction of sp³-hybridized carbons (Fsp3) is 0.500. The predicted molar refractivity (Wildman–Crippen MR) is 81.5 cm³/mol. The number of rotatable bonds is 5. The highest BCUT2D eigenvalue weighted by atomic mass is 79.9. The molecule has 1 aromatic rings. The van der Waals surface area contributed by atoms with Crippen molar-refractivity contribution in [2.75, 3.05) is 25.1 Å². The maximum absolute atomic E-state index is 11.9. The van der Waals surface area contributed by atoms with Crippen LogP contribution in [-0.2, 0) is 4.79 Å². The van der Waals surface area contributed by atoms with E-state index in [9.17, 15) is 4.79 Å². The standard InChI is InChI=1S/C14H19BrN2O3/c1-3-9(2)16-8-14(18)17-11-7-13-12(6-10(11)15)19-4-5-20-13/h6-7,9,16H,3-5,8H2,1-2H3,(H,17,18). The van der Waals surface area contributed by atoms with Gasteiger partial charge in [0, 0.05) is 22.6 Å². The van der Waals surface area contributed by atoms with Crippen LogP contribution < -0.4 is 20.1 Å². The van der Waals surface area contributed by atoms with Gasteiger partial charge in [0.25, 0.3) is 0 Å². The van der Waals surface area contributed by atoms with Gasteiger partial charge in [0.05, 0.1) is 12.2 Å². The molecule has 2 rings (SSSR count). The molecule has 0 bridgehead atoms. The Bertz CT molecular complexity index is 494. The molecule has 2 N–H and O–H groups in total. The van der Waals surface area contributed by atoms with E-state index in [0.29, 0.717) is 36.4 Å². The van der Waals surface area contributed by atoms with E-state index < -0.39 is 0 Å². The Morgan fingerprint density at radius 3 is 2.65 bits per heavy atom. The number of hydrogen-bond acceptors (Lipinski definition) is 4. The molecule has 0 aliphatic carbocycles. The van der Waals surface area contributed by atoms with E-state index in [2.05, 4.69) is 33.5 Å². The molecule has 0 radical (unpaired) electrons. The summed E-state index contributed by atoms with van der Waals surface area (Å²) in [4.78, 5) is 11.9. The highest BCUT2D eigenvalue weighted by molar-refractivity contribution is 9.10. The van der Waals surface area contributed by atoms with Gasteiger partial charge in [-0.05, 0) is 29.3 Å². The Balaban J connectivity index is 2.00. The molecule has 6 heteroatoms. The van der Waals surface area contributed by atoms with E-state index in [1.165, 1.54) is 0 Å². The van der Waals surface area contributed by atoms with Gasteiger partial charge in [0.15, 0.2) is 11.5 Å². The Labute approximate surface area is 127 Å². The number of ether oxygens (including phenoxy) is 2. The average molecular weight is 343 g/mol. The van der Waals surface area contributed by atoms with Crippen LogP contribution in [0.4, 0.5) is 5.69 Å². The van der Waals surface area contributed by atoms with Crippen LogP contribution in [-0.4, -0.2) is 31.7 Å². The molecule has 0 spiro atoms. The molecular weight excluding hydrogens is 324 g/mol. The van der Waals surface area contributed by atoms with Crippen molar-refractivity contribution in [3.8, 4) is 11.5 Å². The summed E-state index contributed by atoms with van der Waals surface area (Å²) in [6.45, 7) is 5.48. The second-order valence-electron chi connectivity index (χ2n) is 4.71. The van der Waals surface area contributed by atoms with Crippen LogP contribution in [0.2, 0.25) is 0 Å². The number of nitrogens with one attached hydrogen (secondary N) is 2. The Morgan fingerprint density at radius 1 is 1.35 bits per heavy atom. The molecule has 0 fully saturated rings. The molecule has 1 aromatic carbocycles. The summed E-state index contributed by atoms with van der Waals surface area (Å²) in [5, 5.41) is 6.01. The maximum atomic E-state index is 11.9. The third kappa shape index (κ3) is 3.86. The fourth-order valence-corrected chi connectivity index (χ4v) is 2.19. The van der Waals surface area contributed by atoms with Gasteiger partial charge in [-0.15, -0.1) is 0 Å². The van der Waals surface area contributed by atoms with Crippen molar-refractivity contribution in [2.24, 2.45) is 0 Å². The van der Waals surface area contributed by atoms with Crippen molar-refractivity contribution in [3.63, 3.8) is 0 Å². The minimum absolute atomic E-state index is 0.0809. The van der Waals surface area contributed by atoms with Crippen LogP contribution in [0.25, 0.3) is 0 Å². The van der Waals surface area contributed by atoms with Crippen molar-refractivity contribution in [1.82, 2.24) is 5.32 Å². The predicted octanol–water partition coefficient (Wildman–Crippen LogP) is 2.55. The van der Waals surface area contributed by atoms with Gasteiger partial charge in [0.1, 0.15) is 13.2 Å². The summed E-state index contributed by atoms with van der Waals surface area (Å²) in [7, 11) is 0. The monoisotopic (exact) mass is 342 g/mol. The number of hydrogen-bond donors (Lipinski definition) is 2. The molecular formula is C14H19BrN2O3. The molecule has 110 valence electrons. The number of carbonyl (C=O) groups excluding carboxylic acids is 1. The normalized spacial score (nSPS) is 14.8. The zero-order valence-electron chi connectivity index (χ0n) is 11.7. The fourth-order valence-electron chi connectivity index (χ4n) is 1.77. The van der Waals surface area contributed by atoms with E-state index in [1.807, 2.05) is 13.0 Å². The van der Waals surface area contributed by atoms with Gasteiger partial charge >= 0.3 is 0 Å². The first-order valence-electron chi connectivity index (χ1n) is 6.72. The Hall–Kier alpha value is -1.27. The molecule has 1 aliphatic heterocycles. The first kappa shape index (κ1) is 15.1. The molecule has 0 saturated heterocycles. The number of amides is 1. The van der Waals surface area contributed by atoms with E-state index in [-0.39, 0.29) is 12.5 Å². The van der Waals surface area contributed by atoms with E-state index in [4.69, 9.17) is 9.47 Å². The van der Waals surface area contributed by atoms with Crippen LogP contribution in [0, 0.1) is 0 Å². The second kappa shape index (κ2) is 6.95. The van der Waals surface area contributed by atoms with Gasteiger partial charge in [-0.1, -0.05) is 6.92 Å². The second-order valence-corrected chi connectivity index (χ2v) is 5.57. The molecule has 1 aliphatic rings. The molecule has 1 heterocycles. The lowest BCUT2D eigenvalue weighted by atomic mass is 10.2. The lowest BCUT2D eigenvalue weighted by molar-refractivity contribution is -0.115. The van der Waals surface area contributed by atoms with Crippen molar-refractivity contribution in [1.29, 1.82) is 0 Å². The highest BCUT2D eigenvalue weighted by Gasteiger charge is 2.16. The van der Waals surface area contributed by atoms with Gasteiger partial charge in [-0.3, -0.25) is 4.79 Å². The highest BCUT2D eigenvalue weighted by Crippen LogP contribution is 2.38. The molecule has 20 heavy (non-hydrogen) atoms. The molecule has 0 saturated carbocycles. The summed E-state index contributed by atoms with van der Waals surface area (Å²) in [6, 6.07) is 3.91. The number of benzene rings is 1. The van der Waals surface area contributed by atoms with Gasteiger partial charge in [0.2, 0.25) is 5.91 Å². The van der Waals surface area contributed by atoms with E-state index in [1.54, 1.807) is 6.07 Å². The zero-order valence-corrected chi connectivity index (χ0v) is 13.2. The van der Waals surface area contributed by atoms with E-state index >= 15 is 0 Å². The summed E-state index contributed by atoms with van der Waals surface area (Å²) < 4.78 is 11.8. The molecule has 1 atom stereocenters. The van der Waals surface area contributed by atoms with Crippen LogP contribution in [0.5, 0.6) is 11.5 Å². The van der Waals surface area contributed by atoms with Crippen LogP contribution >= 0.6 is 15.9 Å². The van der Waals surface area contributed by atoms with Crippen LogP contribution in [0.1, 0.15) is 20.3 Å². The number of anilines is 1. The van der Waals surface area contributed by atoms with Crippen LogP contribution in [0.3, 0.4) is 0 Å². The SMILES string of the molecule is CCC(C)NCC(=O)Nc1cc2c(cc1Br)OCCO2. The lowest BCUT2D eigenvalue weighted by Crippen LogP contribution is -2.34. The number of halogens is 1.